The van der Waals surface area contributed by atoms with Crippen LogP contribution in [0.1, 0.15) is 24.4 Å². The lowest BCUT2D eigenvalue weighted by atomic mass is 10.0. The lowest BCUT2D eigenvalue weighted by Gasteiger charge is -2.24. The normalized spacial score (nSPS) is 17.5. The summed E-state index contributed by atoms with van der Waals surface area (Å²) in [5.74, 6) is 0.0503. The van der Waals surface area contributed by atoms with Gasteiger partial charge < -0.3 is 10.1 Å². The van der Waals surface area contributed by atoms with Crippen molar-refractivity contribution in [2.24, 2.45) is 0 Å². The van der Waals surface area contributed by atoms with Gasteiger partial charge >= 0.3 is 0 Å². The van der Waals surface area contributed by atoms with Crippen LogP contribution in [0.4, 0.5) is 10.1 Å². The molecule has 132 valence electrons. The van der Waals surface area contributed by atoms with Crippen molar-refractivity contribution in [2.75, 3.05) is 25.5 Å². The Morgan fingerprint density at radius 1 is 1.36 bits per heavy atom. The molecule has 1 saturated heterocycles. The molecule has 0 spiro atoms. The van der Waals surface area contributed by atoms with Crippen LogP contribution < -0.4 is 10.1 Å². The van der Waals surface area contributed by atoms with Gasteiger partial charge in [0.15, 0.2) is 0 Å². The Morgan fingerprint density at radius 2 is 2.20 bits per heavy atom. The van der Waals surface area contributed by atoms with Crippen LogP contribution in [-0.2, 0) is 4.79 Å². The maximum Gasteiger partial charge on any atom is 0.238 e. The van der Waals surface area contributed by atoms with Crippen LogP contribution in [-0.4, -0.2) is 31.0 Å². The van der Waals surface area contributed by atoms with E-state index < -0.39 is 5.82 Å². The zero-order valence-electron chi connectivity index (χ0n) is 14.0. The highest BCUT2D eigenvalue weighted by atomic mass is 35.5. The monoisotopic (exact) mass is 362 g/mol. The third-order valence-electron chi connectivity index (χ3n) is 4.39. The fourth-order valence-corrected chi connectivity index (χ4v) is 3.38. The maximum absolute atomic E-state index is 13.8. The predicted octanol–water partition coefficient (Wildman–Crippen LogP) is 4.26. The predicted molar refractivity (Wildman–Crippen MR) is 96.6 cm³/mol. The third-order valence-corrected chi connectivity index (χ3v) is 4.63. The Kier molecular flexibility index (Phi) is 5.56. The lowest BCUT2D eigenvalue weighted by molar-refractivity contribution is -0.117. The number of rotatable bonds is 5. The number of ether oxygens (including phenoxy) is 1. The number of benzene rings is 2. The minimum absolute atomic E-state index is 0.106. The first-order valence-corrected chi connectivity index (χ1v) is 8.57. The van der Waals surface area contributed by atoms with Crippen LogP contribution in [0.3, 0.4) is 0 Å². The number of carbonyl (C=O) groups is 1. The molecule has 1 heterocycles. The quantitative estimate of drug-likeness (QED) is 0.863. The van der Waals surface area contributed by atoms with E-state index in [1.165, 1.54) is 18.2 Å². The van der Waals surface area contributed by atoms with Gasteiger partial charge in [0, 0.05) is 11.1 Å². The molecule has 2 aromatic rings. The number of nitrogens with zero attached hydrogens (tertiary/aromatic N) is 1. The molecule has 0 aromatic heterocycles. The average molecular weight is 363 g/mol. The van der Waals surface area contributed by atoms with E-state index in [2.05, 4.69) is 10.2 Å². The summed E-state index contributed by atoms with van der Waals surface area (Å²) in [5.41, 5.74) is 1.23. The molecule has 0 aliphatic carbocycles. The largest absolute Gasteiger partial charge is 0.497 e. The van der Waals surface area contributed by atoms with Gasteiger partial charge in [0.2, 0.25) is 5.91 Å². The Hall–Kier alpha value is -2.11. The number of amides is 1. The molecule has 1 aliphatic rings. The molecule has 25 heavy (non-hydrogen) atoms. The number of anilines is 1. The number of carbonyl (C=O) groups excluding carboxylic acids is 1. The van der Waals surface area contributed by atoms with Crippen LogP contribution in [0.25, 0.3) is 0 Å². The Balaban J connectivity index is 1.68. The number of methoxy groups -OCH3 is 1. The van der Waals surface area contributed by atoms with Crippen molar-refractivity contribution in [3.05, 3.63) is 58.9 Å². The van der Waals surface area contributed by atoms with Gasteiger partial charge in [-0.3, -0.25) is 9.69 Å². The van der Waals surface area contributed by atoms with Crippen LogP contribution in [0.2, 0.25) is 5.02 Å². The number of hydrogen-bond donors (Lipinski definition) is 1. The molecule has 0 bridgehead atoms. The van der Waals surface area contributed by atoms with Gasteiger partial charge in [-0.15, -0.1) is 0 Å². The minimum Gasteiger partial charge on any atom is -0.497 e. The van der Waals surface area contributed by atoms with Crippen LogP contribution in [0.15, 0.2) is 42.5 Å². The smallest absolute Gasteiger partial charge is 0.238 e. The van der Waals surface area contributed by atoms with Crippen molar-refractivity contribution in [2.45, 2.75) is 18.9 Å². The summed E-state index contributed by atoms with van der Waals surface area (Å²) >= 11 is 5.86. The van der Waals surface area contributed by atoms with Crippen molar-refractivity contribution < 1.29 is 13.9 Å². The summed E-state index contributed by atoms with van der Waals surface area (Å²) < 4.78 is 19.0. The Morgan fingerprint density at radius 3 is 3.00 bits per heavy atom. The summed E-state index contributed by atoms with van der Waals surface area (Å²) in [7, 11) is 1.64. The van der Waals surface area contributed by atoms with E-state index in [0.29, 0.717) is 5.02 Å². The standard InChI is InChI=1S/C19H20ClFN2O2/c1-25-15-5-2-4-13(10-15)18-6-3-9-23(18)12-19(24)22-17-11-14(20)7-8-16(17)21/h2,4-5,7-8,10-11,18H,3,6,9,12H2,1H3,(H,22,24)/t18-/m0/s1. The van der Waals surface area contributed by atoms with E-state index in [0.717, 1.165) is 30.7 Å². The van der Waals surface area contributed by atoms with E-state index in [9.17, 15) is 9.18 Å². The van der Waals surface area contributed by atoms with Crippen molar-refractivity contribution in [1.29, 1.82) is 0 Å². The molecule has 3 rings (SSSR count). The highest BCUT2D eigenvalue weighted by Gasteiger charge is 2.28. The molecule has 6 heteroatoms. The molecule has 4 nitrogen and oxygen atoms in total. The highest BCUT2D eigenvalue weighted by Crippen LogP contribution is 2.33. The lowest BCUT2D eigenvalue weighted by Crippen LogP contribution is -2.33. The van der Waals surface area contributed by atoms with E-state index in [1.807, 2.05) is 24.3 Å². The second-order valence-electron chi connectivity index (χ2n) is 6.08. The molecule has 0 radical (unpaired) electrons. The van der Waals surface area contributed by atoms with Crippen LogP contribution in [0.5, 0.6) is 5.75 Å². The molecular weight excluding hydrogens is 343 g/mol. The summed E-state index contributed by atoms with van der Waals surface area (Å²) in [6.07, 6.45) is 1.99. The first-order chi connectivity index (χ1) is 12.1. The van der Waals surface area contributed by atoms with Crippen molar-refractivity contribution in [3.8, 4) is 5.75 Å². The van der Waals surface area contributed by atoms with Crippen molar-refractivity contribution in [1.82, 2.24) is 4.90 Å². The zero-order chi connectivity index (χ0) is 17.8. The van der Waals surface area contributed by atoms with Gasteiger partial charge in [-0.2, -0.15) is 0 Å². The highest BCUT2D eigenvalue weighted by molar-refractivity contribution is 6.30. The molecule has 1 aliphatic heterocycles. The number of halogens is 2. The van der Waals surface area contributed by atoms with Gasteiger partial charge in [0.1, 0.15) is 11.6 Å². The maximum atomic E-state index is 13.8. The van der Waals surface area contributed by atoms with E-state index >= 15 is 0 Å². The Bertz CT molecular complexity index is 769. The first kappa shape index (κ1) is 17.7. The number of nitrogens with one attached hydrogen (secondary N) is 1. The molecule has 0 saturated carbocycles. The third kappa shape index (κ3) is 4.30. The fraction of sp³-hybridized carbons (Fsp3) is 0.316. The zero-order valence-corrected chi connectivity index (χ0v) is 14.7. The average Bonchev–Trinajstić information content (AvgIpc) is 3.06. The SMILES string of the molecule is COc1cccc([C@@H]2CCCN2CC(=O)Nc2cc(Cl)ccc2F)c1. The summed E-state index contributed by atoms with van der Waals surface area (Å²) in [5, 5.41) is 2.99. The van der Waals surface area contributed by atoms with Crippen molar-refractivity contribution in [3.63, 3.8) is 0 Å². The van der Waals surface area contributed by atoms with Gasteiger partial charge in [-0.1, -0.05) is 23.7 Å². The summed E-state index contributed by atoms with van der Waals surface area (Å²) in [4.78, 5) is 14.4. The second-order valence-corrected chi connectivity index (χ2v) is 6.51. The van der Waals surface area contributed by atoms with Gasteiger partial charge in [-0.05, 0) is 55.3 Å². The van der Waals surface area contributed by atoms with E-state index in [1.54, 1.807) is 7.11 Å². The Labute approximate surface area is 151 Å². The second kappa shape index (κ2) is 7.85. The molecule has 1 fully saturated rings. The van der Waals surface area contributed by atoms with Gasteiger partial charge in [0.05, 0.1) is 19.3 Å². The van der Waals surface area contributed by atoms with Crippen molar-refractivity contribution >= 4 is 23.2 Å². The molecule has 1 amide bonds. The molecule has 0 unspecified atom stereocenters. The van der Waals surface area contributed by atoms with Gasteiger partial charge in [-0.25, -0.2) is 4.39 Å². The molecular formula is C19H20ClFN2O2. The molecule has 1 N–H and O–H groups in total. The van der Waals surface area contributed by atoms with E-state index in [4.69, 9.17) is 16.3 Å². The number of likely N-dealkylation sites (tertiary alicyclic amines) is 1. The minimum atomic E-state index is -0.497. The fourth-order valence-electron chi connectivity index (χ4n) is 3.21. The summed E-state index contributed by atoms with van der Waals surface area (Å²) in [6.45, 7) is 1.03. The van der Waals surface area contributed by atoms with Crippen LogP contribution in [0, 0.1) is 5.82 Å². The topological polar surface area (TPSA) is 41.6 Å². The molecule has 1 atom stereocenters. The summed E-state index contributed by atoms with van der Waals surface area (Å²) in [6, 6.07) is 12.2. The number of hydrogen-bond acceptors (Lipinski definition) is 3. The van der Waals surface area contributed by atoms with Gasteiger partial charge in [0.25, 0.3) is 0 Å². The molecule has 2 aromatic carbocycles. The first-order valence-electron chi connectivity index (χ1n) is 8.19. The van der Waals surface area contributed by atoms with Crippen LogP contribution >= 0.6 is 11.6 Å². The van der Waals surface area contributed by atoms with E-state index in [-0.39, 0.29) is 24.2 Å².